The molecular weight excluding hydrogens is 513 g/mol. The standard InChI is InChI=1S/C27H21F3N6O3/c28-15-11-19-24(31-13-15)35(18-8-9-20(29)21(30)12-18)27(39)36(26(19)38)17-6-4-16(5-7-17)32-25(37)22-14-34-10-2-1-3-23(34)33-22/h1-3,8-14,16-17H,4-7H2,(H,32,37)/t16-,17+. The molecular formula is C27H21F3N6O3. The van der Waals surface area contributed by atoms with Crippen LogP contribution in [0.4, 0.5) is 13.2 Å². The van der Waals surface area contributed by atoms with Crippen LogP contribution in [0.5, 0.6) is 0 Å². The number of nitrogens with zero attached hydrogens (tertiary/aromatic N) is 5. The Morgan fingerprint density at radius 1 is 0.974 bits per heavy atom. The van der Waals surface area contributed by atoms with Gasteiger partial charge in [0.05, 0.1) is 17.3 Å². The molecule has 9 nitrogen and oxygen atoms in total. The average Bonchev–Trinajstić information content (AvgIpc) is 3.37. The minimum atomic E-state index is -1.19. The lowest BCUT2D eigenvalue weighted by Crippen LogP contribution is -2.45. The largest absolute Gasteiger partial charge is 0.348 e. The Labute approximate surface area is 218 Å². The summed E-state index contributed by atoms with van der Waals surface area (Å²) in [5, 5.41) is 2.80. The van der Waals surface area contributed by atoms with Crippen LogP contribution >= 0.6 is 0 Å². The number of amides is 1. The number of nitrogens with one attached hydrogen (secondary N) is 1. The first kappa shape index (κ1) is 24.6. The Hall–Kier alpha value is -4.74. The summed E-state index contributed by atoms with van der Waals surface area (Å²) in [7, 11) is 0. The molecule has 1 aliphatic rings. The lowest BCUT2D eigenvalue weighted by molar-refractivity contribution is 0.0917. The molecule has 0 radical (unpaired) electrons. The number of hydrogen-bond donors (Lipinski definition) is 1. The van der Waals surface area contributed by atoms with E-state index in [1.165, 1.54) is 6.07 Å². The van der Waals surface area contributed by atoms with E-state index in [1.807, 2.05) is 12.1 Å². The first-order valence-electron chi connectivity index (χ1n) is 12.3. The predicted octanol–water partition coefficient (Wildman–Crippen LogP) is 3.53. The van der Waals surface area contributed by atoms with Crippen LogP contribution in [0, 0.1) is 17.5 Å². The van der Waals surface area contributed by atoms with Crippen molar-refractivity contribution in [3.05, 3.63) is 105 Å². The van der Waals surface area contributed by atoms with Crippen LogP contribution in [0.3, 0.4) is 0 Å². The molecule has 0 atom stereocenters. The number of halogens is 3. The molecule has 4 aromatic heterocycles. The third-order valence-corrected chi connectivity index (χ3v) is 7.05. The summed E-state index contributed by atoms with van der Waals surface area (Å²) in [4.78, 5) is 48.0. The summed E-state index contributed by atoms with van der Waals surface area (Å²) in [6.45, 7) is 0. The third kappa shape index (κ3) is 4.37. The fourth-order valence-corrected chi connectivity index (χ4v) is 5.14. The van der Waals surface area contributed by atoms with E-state index in [0.717, 1.165) is 33.5 Å². The lowest BCUT2D eigenvalue weighted by atomic mass is 9.90. The van der Waals surface area contributed by atoms with Gasteiger partial charge in [-0.25, -0.2) is 32.5 Å². The molecule has 0 spiro atoms. The van der Waals surface area contributed by atoms with Crippen LogP contribution in [-0.4, -0.2) is 35.5 Å². The monoisotopic (exact) mass is 534 g/mol. The first-order chi connectivity index (χ1) is 18.8. The molecule has 0 aliphatic heterocycles. The smallest absolute Gasteiger partial charge is 0.337 e. The predicted molar refractivity (Wildman–Crippen MR) is 135 cm³/mol. The zero-order chi connectivity index (χ0) is 27.3. The minimum Gasteiger partial charge on any atom is -0.348 e. The van der Waals surface area contributed by atoms with Crippen molar-refractivity contribution in [2.24, 2.45) is 0 Å². The van der Waals surface area contributed by atoms with Gasteiger partial charge in [-0.3, -0.25) is 14.2 Å². The van der Waals surface area contributed by atoms with Crippen molar-refractivity contribution in [2.45, 2.75) is 37.8 Å². The molecule has 6 rings (SSSR count). The second-order valence-electron chi connectivity index (χ2n) is 9.49. The van der Waals surface area contributed by atoms with Crippen molar-refractivity contribution in [3.63, 3.8) is 0 Å². The highest BCUT2D eigenvalue weighted by atomic mass is 19.2. The van der Waals surface area contributed by atoms with Crippen LogP contribution in [0.25, 0.3) is 22.4 Å². The molecule has 1 aromatic carbocycles. The molecule has 0 unspecified atom stereocenters. The summed E-state index contributed by atoms with van der Waals surface area (Å²) in [6.07, 6.45) is 5.97. The first-order valence-corrected chi connectivity index (χ1v) is 12.3. The van der Waals surface area contributed by atoms with Crippen molar-refractivity contribution >= 4 is 22.6 Å². The van der Waals surface area contributed by atoms with Crippen LogP contribution in [0.2, 0.25) is 0 Å². The van der Waals surface area contributed by atoms with Gasteiger partial charge in [-0.05, 0) is 56.0 Å². The summed E-state index contributed by atoms with van der Waals surface area (Å²) in [5.74, 6) is -3.39. The second kappa shape index (κ2) is 9.53. The van der Waals surface area contributed by atoms with Crippen LogP contribution < -0.4 is 16.6 Å². The highest BCUT2D eigenvalue weighted by Gasteiger charge is 2.28. The highest BCUT2D eigenvalue weighted by molar-refractivity contribution is 5.93. The highest BCUT2D eigenvalue weighted by Crippen LogP contribution is 2.28. The molecule has 1 fully saturated rings. The van der Waals surface area contributed by atoms with E-state index >= 15 is 0 Å². The Bertz CT molecular complexity index is 1840. The van der Waals surface area contributed by atoms with Crippen molar-refractivity contribution in [3.8, 4) is 5.69 Å². The summed E-state index contributed by atoms with van der Waals surface area (Å²) in [6, 6.07) is 8.52. The molecule has 1 amide bonds. The number of carbonyl (C=O) groups excluding carboxylic acids is 1. The Balaban J connectivity index is 1.30. The number of carbonyl (C=O) groups is 1. The van der Waals surface area contributed by atoms with Gasteiger partial charge in [0.1, 0.15) is 17.2 Å². The maximum absolute atomic E-state index is 14.1. The van der Waals surface area contributed by atoms with Crippen molar-refractivity contribution in [1.82, 2.24) is 28.8 Å². The summed E-state index contributed by atoms with van der Waals surface area (Å²) < 4.78 is 45.4. The molecule has 1 aliphatic carbocycles. The van der Waals surface area contributed by atoms with Gasteiger partial charge < -0.3 is 9.72 Å². The van der Waals surface area contributed by atoms with Gasteiger partial charge in [0.25, 0.3) is 11.5 Å². The summed E-state index contributed by atoms with van der Waals surface area (Å²) >= 11 is 0. The van der Waals surface area contributed by atoms with E-state index in [-0.39, 0.29) is 34.4 Å². The zero-order valence-corrected chi connectivity index (χ0v) is 20.4. The SMILES string of the molecule is O=C(N[C@H]1CC[C@@H](n2c(=O)c3cc(F)cnc3n(-c3ccc(F)c(F)c3)c2=O)CC1)c1cn2ccccc2n1. The number of aromatic nitrogens is 5. The minimum absolute atomic E-state index is 0.0508. The van der Waals surface area contributed by atoms with Gasteiger partial charge in [-0.15, -0.1) is 0 Å². The number of rotatable bonds is 4. The van der Waals surface area contributed by atoms with E-state index in [4.69, 9.17) is 0 Å². The molecule has 39 heavy (non-hydrogen) atoms. The van der Waals surface area contributed by atoms with Crippen LogP contribution in [-0.2, 0) is 0 Å². The summed E-state index contributed by atoms with van der Waals surface area (Å²) in [5.41, 5.74) is -0.816. The molecule has 0 bridgehead atoms. The Morgan fingerprint density at radius 3 is 2.51 bits per heavy atom. The number of benzene rings is 1. The van der Waals surface area contributed by atoms with Gasteiger partial charge >= 0.3 is 5.69 Å². The molecule has 198 valence electrons. The topological polar surface area (TPSA) is 103 Å². The third-order valence-electron chi connectivity index (χ3n) is 7.05. The van der Waals surface area contributed by atoms with Crippen molar-refractivity contribution in [1.29, 1.82) is 0 Å². The van der Waals surface area contributed by atoms with Gasteiger partial charge in [-0.1, -0.05) is 6.07 Å². The molecule has 12 heteroatoms. The van der Waals surface area contributed by atoms with Gasteiger partial charge in [0, 0.05) is 30.5 Å². The molecule has 4 heterocycles. The van der Waals surface area contributed by atoms with Gasteiger partial charge in [0.15, 0.2) is 17.3 Å². The van der Waals surface area contributed by atoms with Gasteiger partial charge in [0.2, 0.25) is 0 Å². The van der Waals surface area contributed by atoms with E-state index in [1.54, 1.807) is 22.9 Å². The van der Waals surface area contributed by atoms with Crippen molar-refractivity contribution in [2.75, 3.05) is 0 Å². The van der Waals surface area contributed by atoms with Gasteiger partial charge in [-0.2, -0.15) is 0 Å². The normalized spacial score (nSPS) is 17.5. The van der Waals surface area contributed by atoms with E-state index in [9.17, 15) is 27.6 Å². The number of pyridine rings is 2. The maximum atomic E-state index is 14.1. The van der Waals surface area contributed by atoms with E-state index in [2.05, 4.69) is 15.3 Å². The Morgan fingerprint density at radius 2 is 1.77 bits per heavy atom. The number of hydrogen-bond acceptors (Lipinski definition) is 5. The maximum Gasteiger partial charge on any atom is 0.337 e. The Kier molecular flexibility index (Phi) is 6.01. The quantitative estimate of drug-likeness (QED) is 0.380. The molecule has 1 saturated carbocycles. The van der Waals surface area contributed by atoms with E-state index in [0.29, 0.717) is 31.3 Å². The van der Waals surface area contributed by atoms with Crippen LogP contribution in [0.1, 0.15) is 42.2 Å². The number of fused-ring (bicyclic) bond motifs is 2. The molecule has 0 saturated heterocycles. The molecule has 5 aromatic rings. The fraction of sp³-hybridized carbons (Fsp3) is 0.222. The fourth-order valence-electron chi connectivity index (χ4n) is 5.14. The van der Waals surface area contributed by atoms with Crippen molar-refractivity contribution < 1.29 is 18.0 Å². The number of imidazole rings is 1. The second-order valence-corrected chi connectivity index (χ2v) is 9.49. The lowest BCUT2D eigenvalue weighted by Gasteiger charge is -2.30. The molecule has 1 N–H and O–H groups in total. The van der Waals surface area contributed by atoms with Crippen LogP contribution in [0.15, 0.2) is 70.6 Å². The van der Waals surface area contributed by atoms with E-state index < -0.39 is 34.7 Å². The zero-order valence-electron chi connectivity index (χ0n) is 20.4. The average molecular weight is 534 g/mol.